The van der Waals surface area contributed by atoms with E-state index in [2.05, 4.69) is 5.10 Å². The Balaban J connectivity index is 1.70. The Bertz CT molecular complexity index is 1090. The molecule has 9 nitrogen and oxygen atoms in total. The van der Waals surface area contributed by atoms with E-state index < -0.39 is 17.0 Å². The van der Waals surface area contributed by atoms with Gasteiger partial charge in [0.2, 0.25) is 0 Å². The minimum atomic E-state index is -1.03. The maximum absolute atomic E-state index is 13.2. The molecule has 0 aliphatic rings. The standard InChI is InChI=1S/C24H26N4O5/c1-17-23(28(31)32)18(2)27(25-17)16-22(29)33-19(3)24(30)26(14-20-10-6-4-7-11-20)15-21-12-8-5-9-13-21/h4-13,19H,14-16H2,1-3H3. The molecule has 172 valence electrons. The molecular weight excluding hydrogens is 424 g/mol. The van der Waals surface area contributed by atoms with Gasteiger partial charge in [-0.05, 0) is 31.9 Å². The van der Waals surface area contributed by atoms with Crippen molar-refractivity contribution in [1.29, 1.82) is 0 Å². The normalized spacial score (nSPS) is 11.6. The number of rotatable bonds is 9. The maximum Gasteiger partial charge on any atom is 0.328 e. The van der Waals surface area contributed by atoms with E-state index in [0.717, 1.165) is 11.1 Å². The lowest BCUT2D eigenvalue weighted by Gasteiger charge is -2.26. The minimum absolute atomic E-state index is 0.135. The van der Waals surface area contributed by atoms with Crippen molar-refractivity contribution in [1.82, 2.24) is 14.7 Å². The van der Waals surface area contributed by atoms with E-state index >= 15 is 0 Å². The van der Waals surface area contributed by atoms with Crippen LogP contribution in [0.4, 0.5) is 5.69 Å². The summed E-state index contributed by atoms with van der Waals surface area (Å²) >= 11 is 0. The first-order valence-corrected chi connectivity index (χ1v) is 10.5. The van der Waals surface area contributed by atoms with Crippen LogP contribution in [0.5, 0.6) is 0 Å². The minimum Gasteiger partial charge on any atom is -0.451 e. The second-order valence-electron chi connectivity index (χ2n) is 7.73. The highest BCUT2D eigenvalue weighted by molar-refractivity contribution is 5.83. The highest BCUT2D eigenvalue weighted by atomic mass is 16.6. The zero-order valence-electron chi connectivity index (χ0n) is 18.8. The molecule has 1 aromatic heterocycles. The first kappa shape index (κ1) is 23.6. The number of nitrogens with zero attached hydrogens (tertiary/aromatic N) is 4. The lowest BCUT2D eigenvalue weighted by Crippen LogP contribution is -2.39. The topological polar surface area (TPSA) is 108 Å². The summed E-state index contributed by atoms with van der Waals surface area (Å²) in [4.78, 5) is 38.0. The van der Waals surface area contributed by atoms with Crippen LogP contribution in [0.15, 0.2) is 60.7 Å². The van der Waals surface area contributed by atoms with Crippen LogP contribution >= 0.6 is 0 Å². The number of aryl methyl sites for hydroxylation is 1. The lowest BCUT2D eigenvalue weighted by atomic mass is 10.1. The summed E-state index contributed by atoms with van der Waals surface area (Å²) in [6, 6.07) is 19.1. The van der Waals surface area contributed by atoms with Crippen LogP contribution in [-0.4, -0.2) is 37.6 Å². The zero-order valence-corrected chi connectivity index (χ0v) is 18.8. The first-order chi connectivity index (χ1) is 15.8. The van der Waals surface area contributed by atoms with Crippen LogP contribution in [0.1, 0.15) is 29.4 Å². The number of ether oxygens (including phenoxy) is 1. The highest BCUT2D eigenvalue weighted by Crippen LogP contribution is 2.22. The number of hydrogen-bond acceptors (Lipinski definition) is 6. The van der Waals surface area contributed by atoms with Crippen LogP contribution in [0, 0.1) is 24.0 Å². The number of amides is 1. The summed E-state index contributed by atoms with van der Waals surface area (Å²) in [5.41, 5.74) is 2.24. The molecule has 0 N–H and O–H groups in total. The smallest absolute Gasteiger partial charge is 0.328 e. The predicted octanol–water partition coefficient (Wildman–Crippen LogP) is 3.57. The van der Waals surface area contributed by atoms with Crippen molar-refractivity contribution in [2.45, 2.75) is 46.5 Å². The summed E-state index contributed by atoms with van der Waals surface area (Å²) < 4.78 is 6.60. The molecule has 0 saturated heterocycles. The number of carbonyl (C=O) groups excluding carboxylic acids is 2. The van der Waals surface area contributed by atoms with Gasteiger partial charge in [0.25, 0.3) is 5.91 Å². The largest absolute Gasteiger partial charge is 0.451 e. The summed E-state index contributed by atoms with van der Waals surface area (Å²) in [7, 11) is 0. The van der Waals surface area contributed by atoms with E-state index in [-0.39, 0.29) is 29.5 Å². The third-order valence-corrected chi connectivity index (χ3v) is 5.20. The van der Waals surface area contributed by atoms with Crippen LogP contribution in [0.3, 0.4) is 0 Å². The quantitative estimate of drug-likeness (QED) is 0.280. The van der Waals surface area contributed by atoms with Gasteiger partial charge in [-0.3, -0.25) is 24.4 Å². The number of benzene rings is 2. The molecule has 0 aliphatic heterocycles. The number of hydrogen-bond donors (Lipinski definition) is 0. The molecule has 3 aromatic rings. The van der Waals surface area contributed by atoms with Crippen molar-refractivity contribution in [3.63, 3.8) is 0 Å². The van der Waals surface area contributed by atoms with Gasteiger partial charge in [-0.1, -0.05) is 60.7 Å². The first-order valence-electron chi connectivity index (χ1n) is 10.5. The zero-order chi connectivity index (χ0) is 24.0. The Morgan fingerprint density at radius 3 is 2.00 bits per heavy atom. The average Bonchev–Trinajstić information content (AvgIpc) is 3.06. The van der Waals surface area contributed by atoms with Gasteiger partial charge in [0.1, 0.15) is 17.9 Å². The van der Waals surface area contributed by atoms with Crippen molar-refractivity contribution in [2.75, 3.05) is 0 Å². The molecule has 3 rings (SSSR count). The van der Waals surface area contributed by atoms with Gasteiger partial charge >= 0.3 is 11.7 Å². The third-order valence-electron chi connectivity index (χ3n) is 5.20. The predicted molar refractivity (Wildman–Crippen MR) is 121 cm³/mol. The fourth-order valence-electron chi connectivity index (χ4n) is 3.59. The van der Waals surface area contributed by atoms with Crippen LogP contribution in [0.2, 0.25) is 0 Å². The maximum atomic E-state index is 13.2. The molecule has 33 heavy (non-hydrogen) atoms. The second-order valence-corrected chi connectivity index (χ2v) is 7.73. The van der Waals surface area contributed by atoms with E-state index in [4.69, 9.17) is 4.74 Å². The van der Waals surface area contributed by atoms with Crippen molar-refractivity contribution in [2.24, 2.45) is 0 Å². The van der Waals surface area contributed by atoms with Gasteiger partial charge in [-0.15, -0.1) is 0 Å². The molecule has 0 saturated carbocycles. The Kier molecular flexibility index (Phi) is 7.55. The molecule has 1 amide bonds. The number of nitro groups is 1. The van der Waals surface area contributed by atoms with Crippen molar-refractivity contribution < 1.29 is 19.2 Å². The molecule has 0 fully saturated rings. The number of esters is 1. The Morgan fingerprint density at radius 1 is 1.03 bits per heavy atom. The summed E-state index contributed by atoms with van der Waals surface area (Å²) in [5, 5.41) is 15.2. The lowest BCUT2D eigenvalue weighted by molar-refractivity contribution is -0.386. The van der Waals surface area contributed by atoms with E-state index in [1.54, 1.807) is 4.90 Å². The SMILES string of the molecule is Cc1nn(CC(=O)OC(C)C(=O)N(Cc2ccccc2)Cc2ccccc2)c(C)c1[N+](=O)[O-]. The summed E-state index contributed by atoms with van der Waals surface area (Å²) in [6.07, 6.45) is -1.03. The van der Waals surface area contributed by atoms with Gasteiger partial charge in [0, 0.05) is 13.1 Å². The van der Waals surface area contributed by atoms with Gasteiger partial charge < -0.3 is 9.64 Å². The Morgan fingerprint density at radius 2 is 1.55 bits per heavy atom. The van der Waals surface area contributed by atoms with E-state index in [9.17, 15) is 19.7 Å². The van der Waals surface area contributed by atoms with E-state index in [1.165, 1.54) is 25.5 Å². The molecule has 1 heterocycles. The van der Waals surface area contributed by atoms with Crippen LogP contribution < -0.4 is 0 Å². The fourth-order valence-corrected chi connectivity index (χ4v) is 3.59. The second kappa shape index (κ2) is 10.5. The van der Waals surface area contributed by atoms with Crippen LogP contribution in [0.25, 0.3) is 0 Å². The highest BCUT2D eigenvalue weighted by Gasteiger charge is 2.27. The Labute approximate surface area is 191 Å². The molecule has 9 heteroatoms. The van der Waals surface area contributed by atoms with Crippen LogP contribution in [-0.2, 0) is 34.0 Å². The van der Waals surface area contributed by atoms with Gasteiger partial charge in [0.15, 0.2) is 6.10 Å². The molecule has 1 atom stereocenters. The summed E-state index contributed by atoms with van der Waals surface area (Å²) in [5.74, 6) is -1.04. The third kappa shape index (κ3) is 6.03. The molecule has 0 aliphatic carbocycles. The molecule has 0 bridgehead atoms. The van der Waals surface area contributed by atoms with Crippen molar-refractivity contribution in [3.05, 3.63) is 93.3 Å². The van der Waals surface area contributed by atoms with E-state index in [1.807, 2.05) is 60.7 Å². The van der Waals surface area contributed by atoms with Gasteiger partial charge in [-0.2, -0.15) is 5.10 Å². The van der Waals surface area contributed by atoms with Gasteiger partial charge in [-0.25, -0.2) is 0 Å². The monoisotopic (exact) mass is 450 g/mol. The molecule has 1 unspecified atom stereocenters. The van der Waals surface area contributed by atoms with E-state index in [0.29, 0.717) is 13.1 Å². The average molecular weight is 450 g/mol. The number of aromatic nitrogens is 2. The Hall–Kier alpha value is -4.01. The van der Waals surface area contributed by atoms with Crippen molar-refractivity contribution in [3.8, 4) is 0 Å². The van der Waals surface area contributed by atoms with Gasteiger partial charge in [0.05, 0.1) is 4.92 Å². The van der Waals surface area contributed by atoms with Crippen molar-refractivity contribution >= 4 is 17.6 Å². The number of carbonyl (C=O) groups is 2. The molecule has 2 aromatic carbocycles. The fraction of sp³-hybridized carbons (Fsp3) is 0.292. The molecular formula is C24H26N4O5. The summed E-state index contributed by atoms with van der Waals surface area (Å²) in [6.45, 7) is 4.94. The molecule has 0 radical (unpaired) electrons. The molecule has 0 spiro atoms.